The molecule has 2 N–H and O–H groups in total. The molecule has 0 amide bonds. The van der Waals surface area contributed by atoms with Crippen molar-refractivity contribution < 1.29 is 4.74 Å². The molecule has 0 aromatic carbocycles. The number of ether oxygens (including phenoxy) is 1. The third-order valence-electron chi connectivity index (χ3n) is 3.73. The molecule has 3 heteroatoms. The van der Waals surface area contributed by atoms with Crippen molar-refractivity contribution in [1.82, 2.24) is 10.6 Å². The van der Waals surface area contributed by atoms with Crippen molar-refractivity contribution in [2.45, 2.75) is 38.6 Å². The topological polar surface area (TPSA) is 33.3 Å². The fourth-order valence-corrected chi connectivity index (χ4v) is 2.50. The molecule has 0 aromatic rings. The van der Waals surface area contributed by atoms with E-state index in [0.29, 0.717) is 12.0 Å². The van der Waals surface area contributed by atoms with Crippen molar-refractivity contribution in [3.05, 3.63) is 0 Å². The van der Waals surface area contributed by atoms with E-state index in [1.54, 1.807) is 0 Å². The SMILES string of the molecule is CCNC1COCC1CNCCCC1CC1. The molecule has 16 heavy (non-hydrogen) atoms. The van der Waals surface area contributed by atoms with Gasteiger partial charge in [0.25, 0.3) is 0 Å². The van der Waals surface area contributed by atoms with Gasteiger partial charge in [0.1, 0.15) is 0 Å². The molecule has 2 aliphatic rings. The molecule has 94 valence electrons. The minimum absolute atomic E-state index is 0.570. The van der Waals surface area contributed by atoms with Crippen LogP contribution >= 0.6 is 0 Å². The zero-order valence-corrected chi connectivity index (χ0v) is 10.5. The summed E-state index contributed by atoms with van der Waals surface area (Å²) in [5, 5.41) is 7.08. The summed E-state index contributed by atoms with van der Waals surface area (Å²) >= 11 is 0. The monoisotopic (exact) mass is 226 g/mol. The lowest BCUT2D eigenvalue weighted by molar-refractivity contribution is 0.182. The van der Waals surface area contributed by atoms with E-state index in [1.807, 2.05) is 0 Å². The Morgan fingerprint density at radius 2 is 2.12 bits per heavy atom. The average Bonchev–Trinajstić information content (AvgIpc) is 3.00. The van der Waals surface area contributed by atoms with Crippen molar-refractivity contribution in [1.29, 1.82) is 0 Å². The summed E-state index contributed by atoms with van der Waals surface area (Å²) in [6, 6.07) is 0.570. The molecule has 1 heterocycles. The summed E-state index contributed by atoms with van der Waals surface area (Å²) in [5.41, 5.74) is 0. The van der Waals surface area contributed by atoms with Crippen molar-refractivity contribution >= 4 is 0 Å². The van der Waals surface area contributed by atoms with Crippen LogP contribution in [-0.2, 0) is 4.74 Å². The van der Waals surface area contributed by atoms with E-state index in [1.165, 1.54) is 32.2 Å². The van der Waals surface area contributed by atoms with Gasteiger partial charge in [0.15, 0.2) is 0 Å². The van der Waals surface area contributed by atoms with Crippen LogP contribution in [0.15, 0.2) is 0 Å². The number of nitrogens with one attached hydrogen (secondary N) is 2. The minimum atomic E-state index is 0.570. The Hall–Kier alpha value is -0.120. The molecule has 0 bridgehead atoms. The molecule has 0 radical (unpaired) electrons. The van der Waals surface area contributed by atoms with E-state index in [2.05, 4.69) is 17.6 Å². The predicted octanol–water partition coefficient (Wildman–Crippen LogP) is 1.39. The highest BCUT2D eigenvalue weighted by Crippen LogP contribution is 2.33. The fraction of sp³-hybridized carbons (Fsp3) is 1.00. The van der Waals surface area contributed by atoms with Gasteiger partial charge in [0, 0.05) is 18.5 Å². The predicted molar refractivity (Wildman–Crippen MR) is 66.6 cm³/mol. The lowest BCUT2D eigenvalue weighted by atomic mass is 10.0. The smallest absolute Gasteiger partial charge is 0.0623 e. The van der Waals surface area contributed by atoms with E-state index in [-0.39, 0.29) is 0 Å². The molecular formula is C13H26N2O. The van der Waals surface area contributed by atoms with E-state index in [0.717, 1.165) is 32.2 Å². The van der Waals surface area contributed by atoms with Gasteiger partial charge in [0.2, 0.25) is 0 Å². The molecule has 2 atom stereocenters. The van der Waals surface area contributed by atoms with E-state index in [9.17, 15) is 0 Å². The maximum atomic E-state index is 5.53. The van der Waals surface area contributed by atoms with Gasteiger partial charge in [0.05, 0.1) is 13.2 Å². The van der Waals surface area contributed by atoms with Crippen LogP contribution in [0.2, 0.25) is 0 Å². The molecule has 0 aromatic heterocycles. The highest BCUT2D eigenvalue weighted by Gasteiger charge is 2.26. The van der Waals surface area contributed by atoms with Gasteiger partial charge in [-0.3, -0.25) is 0 Å². The fourth-order valence-electron chi connectivity index (χ4n) is 2.50. The van der Waals surface area contributed by atoms with Crippen LogP contribution in [0.1, 0.15) is 32.6 Å². The minimum Gasteiger partial charge on any atom is -0.379 e. The zero-order valence-electron chi connectivity index (χ0n) is 10.5. The van der Waals surface area contributed by atoms with Crippen LogP contribution in [0, 0.1) is 11.8 Å². The second kappa shape index (κ2) is 6.58. The summed E-state index contributed by atoms with van der Waals surface area (Å²) < 4.78 is 5.53. The van der Waals surface area contributed by atoms with Crippen LogP contribution in [0.4, 0.5) is 0 Å². The first kappa shape index (κ1) is 12.3. The second-order valence-corrected chi connectivity index (χ2v) is 5.25. The molecular weight excluding hydrogens is 200 g/mol. The third-order valence-corrected chi connectivity index (χ3v) is 3.73. The normalized spacial score (nSPS) is 29.8. The second-order valence-electron chi connectivity index (χ2n) is 5.25. The lowest BCUT2D eigenvalue weighted by Crippen LogP contribution is -2.40. The van der Waals surface area contributed by atoms with Gasteiger partial charge in [-0.05, 0) is 31.8 Å². The summed E-state index contributed by atoms with van der Waals surface area (Å²) in [5.74, 6) is 1.74. The Morgan fingerprint density at radius 1 is 1.25 bits per heavy atom. The maximum Gasteiger partial charge on any atom is 0.0623 e. The van der Waals surface area contributed by atoms with Gasteiger partial charge in [-0.15, -0.1) is 0 Å². The van der Waals surface area contributed by atoms with Gasteiger partial charge in [-0.1, -0.05) is 19.8 Å². The van der Waals surface area contributed by atoms with Crippen LogP contribution in [0.5, 0.6) is 0 Å². The summed E-state index contributed by atoms with van der Waals surface area (Å²) in [6.07, 6.45) is 5.76. The van der Waals surface area contributed by atoms with Crippen molar-refractivity contribution in [2.24, 2.45) is 11.8 Å². The first-order valence-corrected chi connectivity index (χ1v) is 6.92. The zero-order chi connectivity index (χ0) is 11.2. The molecule has 3 nitrogen and oxygen atoms in total. The molecule has 2 unspecified atom stereocenters. The average molecular weight is 226 g/mol. The van der Waals surface area contributed by atoms with Gasteiger partial charge >= 0.3 is 0 Å². The molecule has 1 saturated carbocycles. The number of hydrogen-bond acceptors (Lipinski definition) is 3. The molecule has 1 aliphatic heterocycles. The van der Waals surface area contributed by atoms with E-state index >= 15 is 0 Å². The van der Waals surface area contributed by atoms with Gasteiger partial charge in [-0.25, -0.2) is 0 Å². The van der Waals surface area contributed by atoms with Crippen molar-refractivity contribution in [2.75, 3.05) is 32.8 Å². The van der Waals surface area contributed by atoms with Crippen molar-refractivity contribution in [3.63, 3.8) is 0 Å². The Balaban J connectivity index is 1.50. The Kier molecular flexibility index (Phi) is 5.07. The molecule has 1 aliphatic carbocycles. The number of likely N-dealkylation sites (N-methyl/N-ethyl adjacent to an activating group) is 1. The van der Waals surface area contributed by atoms with Crippen LogP contribution in [0.3, 0.4) is 0 Å². The molecule has 0 spiro atoms. The number of rotatable bonds is 8. The lowest BCUT2D eigenvalue weighted by Gasteiger charge is -2.18. The first-order valence-electron chi connectivity index (χ1n) is 6.92. The Bertz CT molecular complexity index is 194. The van der Waals surface area contributed by atoms with Gasteiger partial charge < -0.3 is 15.4 Å². The molecule has 2 rings (SSSR count). The summed E-state index contributed by atoms with van der Waals surface area (Å²) in [7, 11) is 0. The summed E-state index contributed by atoms with van der Waals surface area (Å²) in [6.45, 7) is 7.33. The first-order chi connectivity index (χ1) is 7.90. The van der Waals surface area contributed by atoms with Crippen LogP contribution in [-0.4, -0.2) is 38.9 Å². The highest BCUT2D eigenvalue weighted by atomic mass is 16.5. The molecule has 1 saturated heterocycles. The standard InChI is InChI=1S/C13H26N2O/c1-2-15-13-10-16-9-12(13)8-14-7-3-4-11-5-6-11/h11-15H,2-10H2,1H3. The summed E-state index contributed by atoms with van der Waals surface area (Å²) in [4.78, 5) is 0. The third kappa shape index (κ3) is 4.04. The van der Waals surface area contributed by atoms with Crippen LogP contribution in [0.25, 0.3) is 0 Å². The van der Waals surface area contributed by atoms with Crippen LogP contribution < -0.4 is 10.6 Å². The number of hydrogen-bond donors (Lipinski definition) is 2. The highest BCUT2D eigenvalue weighted by molar-refractivity contribution is 4.82. The maximum absolute atomic E-state index is 5.53. The largest absolute Gasteiger partial charge is 0.379 e. The Labute approximate surface area is 99.3 Å². The quantitative estimate of drug-likeness (QED) is 0.614. The van der Waals surface area contributed by atoms with Gasteiger partial charge in [-0.2, -0.15) is 0 Å². The van der Waals surface area contributed by atoms with Crippen molar-refractivity contribution in [3.8, 4) is 0 Å². The van der Waals surface area contributed by atoms with E-state index < -0.39 is 0 Å². The van der Waals surface area contributed by atoms with E-state index in [4.69, 9.17) is 4.74 Å². The molecule has 2 fully saturated rings. The Morgan fingerprint density at radius 3 is 2.88 bits per heavy atom.